The average molecular weight is 426 g/mol. The number of ether oxygens (including phenoxy) is 1. The molecule has 2 aromatic carbocycles. The van der Waals surface area contributed by atoms with E-state index in [9.17, 15) is 9.59 Å². The summed E-state index contributed by atoms with van der Waals surface area (Å²) in [6.07, 6.45) is 6.08. The zero-order valence-corrected chi connectivity index (χ0v) is 18.9. The Labute approximate surface area is 183 Å². The van der Waals surface area contributed by atoms with E-state index in [0.717, 1.165) is 55.2 Å². The number of methoxy groups -OCH3 is 1. The normalized spacial score (nSPS) is 15.2. The van der Waals surface area contributed by atoms with Gasteiger partial charge in [-0.3, -0.25) is 9.59 Å². The summed E-state index contributed by atoms with van der Waals surface area (Å²) in [7, 11) is 1.56. The van der Waals surface area contributed by atoms with Gasteiger partial charge in [0.1, 0.15) is 5.75 Å². The van der Waals surface area contributed by atoms with Gasteiger partial charge in [-0.05, 0) is 67.6 Å². The van der Waals surface area contributed by atoms with Crippen LogP contribution in [-0.4, -0.2) is 18.1 Å². The van der Waals surface area contributed by atoms with Gasteiger partial charge in [0.05, 0.1) is 18.4 Å². The van der Waals surface area contributed by atoms with E-state index in [1.54, 1.807) is 19.2 Å². The molecule has 0 unspecified atom stereocenters. The first kappa shape index (κ1) is 22.4. The van der Waals surface area contributed by atoms with Crippen molar-refractivity contribution in [2.45, 2.75) is 57.3 Å². The van der Waals surface area contributed by atoms with E-state index in [1.807, 2.05) is 36.4 Å². The molecule has 0 spiro atoms. The van der Waals surface area contributed by atoms with E-state index in [-0.39, 0.29) is 16.4 Å². The third kappa shape index (κ3) is 5.25. The Morgan fingerprint density at radius 2 is 1.73 bits per heavy atom. The number of benzene rings is 2. The fourth-order valence-electron chi connectivity index (χ4n) is 4.09. The number of rotatable bonds is 8. The molecular weight excluding hydrogens is 394 g/mol. The van der Waals surface area contributed by atoms with Gasteiger partial charge in [-0.2, -0.15) is 0 Å². The zero-order valence-electron chi connectivity index (χ0n) is 18.1. The second kappa shape index (κ2) is 10.2. The first-order chi connectivity index (χ1) is 14.4. The fourth-order valence-corrected chi connectivity index (χ4v) is 4.94. The number of anilines is 1. The molecule has 0 saturated heterocycles. The first-order valence-electron chi connectivity index (χ1n) is 10.7. The quantitative estimate of drug-likeness (QED) is 0.486. The molecule has 5 heteroatoms. The van der Waals surface area contributed by atoms with Crippen molar-refractivity contribution in [3.05, 3.63) is 54.1 Å². The van der Waals surface area contributed by atoms with Crippen LogP contribution in [0.4, 0.5) is 5.69 Å². The predicted octanol–water partition coefficient (Wildman–Crippen LogP) is 6.56. The lowest BCUT2D eigenvalue weighted by Crippen LogP contribution is -2.34. The fraction of sp³-hybridized carbons (Fsp3) is 0.440. The van der Waals surface area contributed by atoms with Crippen molar-refractivity contribution in [1.29, 1.82) is 0 Å². The zero-order chi connectivity index (χ0) is 21.6. The molecule has 2 aromatic rings. The number of amides is 1. The molecule has 1 aliphatic carbocycles. The molecule has 1 aliphatic rings. The number of para-hydroxylation sites is 2. The van der Waals surface area contributed by atoms with Gasteiger partial charge in [-0.15, -0.1) is 0 Å². The first-order valence-corrected chi connectivity index (χ1v) is 11.5. The van der Waals surface area contributed by atoms with Gasteiger partial charge >= 0.3 is 0 Å². The number of thioether (sulfide) groups is 1. The maximum atomic E-state index is 13.3. The predicted molar refractivity (Wildman–Crippen MR) is 123 cm³/mol. The molecule has 0 aliphatic heterocycles. The molecule has 1 amide bonds. The van der Waals surface area contributed by atoms with Gasteiger partial charge in [0, 0.05) is 10.3 Å². The lowest BCUT2D eigenvalue weighted by molar-refractivity contribution is -0.125. The summed E-state index contributed by atoms with van der Waals surface area (Å²) in [4.78, 5) is 27.0. The molecule has 0 aromatic heterocycles. The molecule has 1 fully saturated rings. The van der Waals surface area contributed by atoms with Gasteiger partial charge in [-0.1, -0.05) is 51.0 Å². The monoisotopic (exact) mass is 425 g/mol. The molecule has 1 saturated carbocycles. The highest BCUT2D eigenvalue weighted by atomic mass is 32.2. The van der Waals surface area contributed by atoms with Crippen LogP contribution in [0.15, 0.2) is 53.4 Å². The minimum Gasteiger partial charge on any atom is -0.496 e. The molecule has 1 N–H and O–H groups in total. The van der Waals surface area contributed by atoms with Crippen LogP contribution < -0.4 is 10.1 Å². The minimum atomic E-state index is -0.283. The minimum absolute atomic E-state index is 0.0958. The third-order valence-electron chi connectivity index (χ3n) is 5.91. The van der Waals surface area contributed by atoms with Crippen LogP contribution in [0.25, 0.3) is 0 Å². The Morgan fingerprint density at radius 3 is 2.43 bits per heavy atom. The molecule has 0 bridgehead atoms. The van der Waals surface area contributed by atoms with Gasteiger partial charge in [0.15, 0.2) is 0 Å². The van der Waals surface area contributed by atoms with Crippen molar-refractivity contribution in [3.8, 4) is 5.75 Å². The molecule has 0 radical (unpaired) electrons. The third-order valence-corrected chi connectivity index (χ3v) is 6.89. The highest BCUT2D eigenvalue weighted by Gasteiger charge is 2.40. The van der Waals surface area contributed by atoms with Crippen molar-refractivity contribution < 1.29 is 14.3 Å². The second-order valence-electron chi connectivity index (χ2n) is 8.46. The highest BCUT2D eigenvalue weighted by Crippen LogP contribution is 2.44. The van der Waals surface area contributed by atoms with E-state index in [0.29, 0.717) is 22.9 Å². The summed E-state index contributed by atoms with van der Waals surface area (Å²) < 4.78 is 5.32. The Balaban J connectivity index is 1.78. The number of hydrogen-bond donors (Lipinski definition) is 1. The van der Waals surface area contributed by atoms with Gasteiger partial charge in [0.25, 0.3) is 0 Å². The lowest BCUT2D eigenvalue weighted by Gasteiger charge is -2.29. The van der Waals surface area contributed by atoms with Crippen molar-refractivity contribution >= 4 is 28.5 Å². The topological polar surface area (TPSA) is 55.4 Å². The van der Waals surface area contributed by atoms with E-state index >= 15 is 0 Å². The Morgan fingerprint density at radius 1 is 1.07 bits per heavy atom. The molecule has 4 nitrogen and oxygen atoms in total. The van der Waals surface area contributed by atoms with Crippen LogP contribution in [-0.2, 0) is 4.79 Å². The second-order valence-corrected chi connectivity index (χ2v) is 9.47. The molecule has 0 atom stereocenters. The summed E-state index contributed by atoms with van der Waals surface area (Å²) in [6, 6.07) is 14.7. The number of carbonyl (C=O) groups is 2. The van der Waals surface area contributed by atoms with Crippen LogP contribution in [0.3, 0.4) is 0 Å². The molecule has 30 heavy (non-hydrogen) atoms. The molecule has 3 rings (SSSR count). The van der Waals surface area contributed by atoms with Crippen molar-refractivity contribution in [2.24, 2.45) is 11.3 Å². The van der Waals surface area contributed by atoms with E-state index in [2.05, 4.69) is 19.2 Å². The standard InChI is InChI=1S/C25H31NO3S/c1-18(2)14-17-25(15-8-9-16-25)24(28)26-20-11-5-7-13-22(20)30-23(27)19-10-4-6-12-21(19)29-3/h4-7,10-13,18H,8-9,14-17H2,1-3H3,(H,26,28). The smallest absolute Gasteiger partial charge is 0.230 e. The Hall–Kier alpha value is -2.27. The van der Waals surface area contributed by atoms with E-state index in [4.69, 9.17) is 4.74 Å². The van der Waals surface area contributed by atoms with Crippen LogP contribution in [0.2, 0.25) is 0 Å². The molecule has 160 valence electrons. The SMILES string of the molecule is COc1ccccc1C(=O)Sc1ccccc1NC(=O)C1(CCC(C)C)CCCC1. The van der Waals surface area contributed by atoms with Gasteiger partial charge < -0.3 is 10.1 Å². The summed E-state index contributed by atoms with van der Waals surface area (Å²) in [5.41, 5.74) is 0.941. The Kier molecular flexibility index (Phi) is 7.59. The van der Waals surface area contributed by atoms with Crippen molar-refractivity contribution in [2.75, 3.05) is 12.4 Å². The van der Waals surface area contributed by atoms with Crippen LogP contribution >= 0.6 is 11.8 Å². The van der Waals surface area contributed by atoms with E-state index in [1.165, 1.54) is 0 Å². The number of carbonyl (C=O) groups excluding carboxylic acids is 2. The Bertz CT molecular complexity index is 887. The van der Waals surface area contributed by atoms with Gasteiger partial charge in [-0.25, -0.2) is 0 Å². The molecule has 0 heterocycles. The number of hydrogen-bond acceptors (Lipinski definition) is 4. The highest BCUT2D eigenvalue weighted by molar-refractivity contribution is 8.14. The molecular formula is C25H31NO3S. The summed E-state index contributed by atoms with van der Waals surface area (Å²) in [5.74, 6) is 1.23. The van der Waals surface area contributed by atoms with Crippen molar-refractivity contribution in [1.82, 2.24) is 0 Å². The lowest BCUT2D eigenvalue weighted by atomic mass is 9.79. The summed E-state index contributed by atoms with van der Waals surface area (Å²) in [5, 5.41) is 3.05. The van der Waals surface area contributed by atoms with Crippen LogP contribution in [0.5, 0.6) is 5.75 Å². The summed E-state index contributed by atoms with van der Waals surface area (Å²) in [6.45, 7) is 4.41. The average Bonchev–Trinajstić information content (AvgIpc) is 3.24. The maximum absolute atomic E-state index is 13.3. The summed E-state index contributed by atoms with van der Waals surface area (Å²) >= 11 is 1.12. The van der Waals surface area contributed by atoms with Crippen LogP contribution in [0.1, 0.15) is 62.7 Å². The van der Waals surface area contributed by atoms with Crippen molar-refractivity contribution in [3.63, 3.8) is 0 Å². The van der Waals surface area contributed by atoms with Crippen LogP contribution in [0, 0.1) is 11.3 Å². The maximum Gasteiger partial charge on any atom is 0.230 e. The number of nitrogens with one attached hydrogen (secondary N) is 1. The van der Waals surface area contributed by atoms with E-state index < -0.39 is 0 Å². The largest absolute Gasteiger partial charge is 0.496 e. The van der Waals surface area contributed by atoms with Gasteiger partial charge in [0.2, 0.25) is 11.0 Å².